The Morgan fingerprint density at radius 3 is 0.875 bits per heavy atom. The monoisotopic (exact) mass is 330 g/mol. The van der Waals surface area contributed by atoms with Gasteiger partial charge in [-0.05, 0) is 91.2 Å². The topological polar surface area (TPSA) is 0 Å². The third-order valence-corrected chi connectivity index (χ3v) is 5.59. The summed E-state index contributed by atoms with van der Waals surface area (Å²) in [5.41, 5.74) is 10.4. The van der Waals surface area contributed by atoms with Crippen LogP contribution in [0.15, 0.2) is 0 Å². The molecule has 1 aromatic carbocycles. The van der Waals surface area contributed by atoms with Crippen LogP contribution >= 0.6 is 0 Å². The lowest BCUT2D eigenvalue weighted by Crippen LogP contribution is -2.13. The second-order valence-corrected chi connectivity index (χ2v) is 7.24. The molecule has 0 fully saturated rings. The number of rotatable bonds is 12. The molecule has 0 aliphatic heterocycles. The van der Waals surface area contributed by atoms with E-state index in [1.54, 1.807) is 33.4 Å². The third-order valence-electron chi connectivity index (χ3n) is 5.59. The molecule has 0 unspecified atom stereocenters. The number of benzene rings is 1. The molecule has 0 atom stereocenters. The van der Waals surface area contributed by atoms with Crippen molar-refractivity contribution in [2.45, 2.75) is 119 Å². The van der Waals surface area contributed by atoms with E-state index >= 15 is 0 Å². The molecule has 1 aromatic rings. The Hall–Kier alpha value is -0.780. The van der Waals surface area contributed by atoms with Crippen molar-refractivity contribution in [3.8, 4) is 0 Å². The van der Waals surface area contributed by atoms with Crippen molar-refractivity contribution >= 4 is 0 Å². The van der Waals surface area contributed by atoms with Crippen molar-refractivity contribution < 1.29 is 0 Å². The number of hydrogen-bond acceptors (Lipinski definition) is 0. The summed E-state index contributed by atoms with van der Waals surface area (Å²) in [7, 11) is 0. The minimum atomic E-state index is 1.21. The quantitative estimate of drug-likeness (QED) is 0.374. The van der Waals surface area contributed by atoms with Gasteiger partial charge in [0.05, 0.1) is 0 Å². The fraction of sp³-hybridized carbons (Fsp3) is 0.750. The molecule has 0 aliphatic carbocycles. The molecule has 0 aromatic heterocycles. The Labute approximate surface area is 152 Å². The van der Waals surface area contributed by atoms with Gasteiger partial charge in [-0.1, -0.05) is 60.8 Å². The van der Waals surface area contributed by atoms with Crippen LogP contribution in [0, 0.1) is 0 Å². The molecular formula is C24H42. The van der Waals surface area contributed by atoms with Crippen LogP contribution in [0.2, 0.25) is 0 Å². The van der Waals surface area contributed by atoms with Gasteiger partial charge in [-0.2, -0.15) is 0 Å². The smallest absolute Gasteiger partial charge is 0.0273 e. The maximum absolute atomic E-state index is 2.38. The van der Waals surface area contributed by atoms with Crippen LogP contribution in [0.1, 0.15) is 113 Å². The highest BCUT2D eigenvalue weighted by atomic mass is 14.2. The summed E-state index contributed by atoms with van der Waals surface area (Å²) in [4.78, 5) is 0. The molecule has 0 saturated heterocycles. The number of unbranched alkanes of at least 4 members (excludes halogenated alkanes) is 3. The highest BCUT2D eigenvalue weighted by Gasteiger charge is 2.20. The summed E-state index contributed by atoms with van der Waals surface area (Å²) in [5.74, 6) is 0. The van der Waals surface area contributed by atoms with E-state index in [-0.39, 0.29) is 0 Å². The molecule has 0 saturated carbocycles. The summed E-state index contributed by atoms with van der Waals surface area (Å²) >= 11 is 0. The van der Waals surface area contributed by atoms with Gasteiger partial charge in [0.2, 0.25) is 0 Å². The van der Waals surface area contributed by atoms with Crippen LogP contribution in [-0.2, 0) is 38.5 Å². The summed E-state index contributed by atoms with van der Waals surface area (Å²) in [5, 5.41) is 0. The summed E-state index contributed by atoms with van der Waals surface area (Å²) < 4.78 is 0. The number of hydrogen-bond donors (Lipinski definition) is 0. The van der Waals surface area contributed by atoms with Crippen molar-refractivity contribution in [1.82, 2.24) is 0 Å². The van der Waals surface area contributed by atoms with Gasteiger partial charge < -0.3 is 0 Å². The predicted molar refractivity (Wildman–Crippen MR) is 110 cm³/mol. The van der Waals surface area contributed by atoms with E-state index in [4.69, 9.17) is 0 Å². The largest absolute Gasteiger partial charge is 0.0654 e. The molecule has 0 radical (unpaired) electrons. The van der Waals surface area contributed by atoms with Crippen LogP contribution in [0.3, 0.4) is 0 Å². The van der Waals surface area contributed by atoms with Gasteiger partial charge in [0.1, 0.15) is 0 Å². The third kappa shape index (κ3) is 5.11. The minimum absolute atomic E-state index is 1.21. The maximum atomic E-state index is 2.38. The Morgan fingerprint density at radius 1 is 0.375 bits per heavy atom. The molecule has 138 valence electrons. The van der Waals surface area contributed by atoms with E-state index in [0.29, 0.717) is 0 Å². The van der Waals surface area contributed by atoms with Crippen molar-refractivity contribution in [1.29, 1.82) is 0 Å². The van der Waals surface area contributed by atoms with E-state index in [0.717, 1.165) is 0 Å². The first-order chi connectivity index (χ1) is 11.7. The van der Waals surface area contributed by atoms with Crippen molar-refractivity contribution in [2.75, 3.05) is 0 Å². The zero-order valence-corrected chi connectivity index (χ0v) is 17.5. The van der Waals surface area contributed by atoms with Crippen molar-refractivity contribution in [3.63, 3.8) is 0 Å². The maximum Gasteiger partial charge on any atom is -0.0273 e. The zero-order valence-electron chi connectivity index (χ0n) is 17.5. The Bertz CT molecular complexity index is 482. The fourth-order valence-corrected chi connectivity index (χ4v) is 4.34. The summed E-state index contributed by atoms with van der Waals surface area (Å²) in [6, 6.07) is 0. The van der Waals surface area contributed by atoms with Gasteiger partial charge >= 0.3 is 0 Å². The average molecular weight is 331 g/mol. The van der Waals surface area contributed by atoms with Crippen LogP contribution in [0.5, 0.6) is 0 Å². The van der Waals surface area contributed by atoms with E-state index in [2.05, 4.69) is 41.5 Å². The molecular weight excluding hydrogens is 288 g/mol. The second kappa shape index (κ2) is 11.7. The van der Waals surface area contributed by atoms with Gasteiger partial charge in [0.15, 0.2) is 0 Å². The Morgan fingerprint density at radius 2 is 0.625 bits per heavy atom. The normalized spacial score (nSPS) is 11.2. The Kier molecular flexibility index (Phi) is 10.4. The summed E-state index contributed by atoms with van der Waals surface area (Å²) in [6.45, 7) is 14.1. The SMILES string of the molecule is CCCCc1c(CC)c(CC)c(CCCC)c(CCCC)c1CC. The van der Waals surface area contributed by atoms with Gasteiger partial charge in [0.25, 0.3) is 0 Å². The first-order valence-electron chi connectivity index (χ1n) is 10.9. The van der Waals surface area contributed by atoms with Gasteiger partial charge in [-0.15, -0.1) is 0 Å². The predicted octanol–water partition coefficient (Wildman–Crippen LogP) is 7.40. The standard InChI is InChI=1S/C24H42/c1-7-13-16-22-19(10-4)20(11-5)23(17-14-8-2)24(18-15-9-3)21(22)12-6/h7-18H2,1-6H3. The van der Waals surface area contributed by atoms with Gasteiger partial charge in [0, 0.05) is 0 Å². The first kappa shape index (κ1) is 21.3. The first-order valence-corrected chi connectivity index (χ1v) is 10.9. The van der Waals surface area contributed by atoms with E-state index < -0.39 is 0 Å². The summed E-state index contributed by atoms with van der Waals surface area (Å²) in [6.07, 6.45) is 15.5. The van der Waals surface area contributed by atoms with Gasteiger partial charge in [-0.3, -0.25) is 0 Å². The molecule has 0 heteroatoms. The lowest BCUT2D eigenvalue weighted by Gasteiger charge is -2.26. The highest BCUT2D eigenvalue weighted by molar-refractivity contribution is 5.53. The molecule has 24 heavy (non-hydrogen) atoms. The Balaban J connectivity index is 3.57. The van der Waals surface area contributed by atoms with E-state index in [1.165, 1.54) is 77.0 Å². The van der Waals surface area contributed by atoms with Crippen LogP contribution in [0.4, 0.5) is 0 Å². The van der Waals surface area contributed by atoms with E-state index in [1.807, 2.05) is 0 Å². The van der Waals surface area contributed by atoms with Crippen molar-refractivity contribution in [2.24, 2.45) is 0 Å². The molecule has 0 nitrogen and oxygen atoms in total. The molecule has 0 heterocycles. The molecule has 0 N–H and O–H groups in total. The molecule has 1 rings (SSSR count). The van der Waals surface area contributed by atoms with Crippen LogP contribution in [-0.4, -0.2) is 0 Å². The van der Waals surface area contributed by atoms with Gasteiger partial charge in [-0.25, -0.2) is 0 Å². The molecule has 0 amide bonds. The highest BCUT2D eigenvalue weighted by Crippen LogP contribution is 2.33. The molecule has 0 aliphatic rings. The molecule has 0 bridgehead atoms. The lowest BCUT2D eigenvalue weighted by atomic mass is 9.79. The lowest BCUT2D eigenvalue weighted by molar-refractivity contribution is 0.724. The minimum Gasteiger partial charge on any atom is -0.0654 e. The second-order valence-electron chi connectivity index (χ2n) is 7.24. The average Bonchev–Trinajstić information content (AvgIpc) is 2.61. The zero-order chi connectivity index (χ0) is 17.9. The van der Waals surface area contributed by atoms with Crippen molar-refractivity contribution in [3.05, 3.63) is 33.4 Å². The molecule has 0 spiro atoms. The van der Waals surface area contributed by atoms with Crippen LogP contribution in [0.25, 0.3) is 0 Å². The van der Waals surface area contributed by atoms with E-state index in [9.17, 15) is 0 Å². The van der Waals surface area contributed by atoms with Crippen LogP contribution < -0.4 is 0 Å². The fourth-order valence-electron chi connectivity index (χ4n) is 4.34.